The van der Waals surface area contributed by atoms with E-state index in [4.69, 9.17) is 4.74 Å². The van der Waals surface area contributed by atoms with E-state index in [0.29, 0.717) is 6.61 Å². The van der Waals surface area contributed by atoms with Gasteiger partial charge in [-0.15, -0.1) is 10.2 Å². The lowest BCUT2D eigenvalue weighted by Gasteiger charge is -2.06. The molecule has 116 valence electrons. The Morgan fingerprint density at radius 3 is 2.48 bits per heavy atom. The van der Waals surface area contributed by atoms with E-state index in [9.17, 15) is 0 Å². The van der Waals surface area contributed by atoms with Crippen LogP contribution in [0.15, 0.2) is 59.7 Å². The van der Waals surface area contributed by atoms with Gasteiger partial charge in [-0.05, 0) is 37.1 Å². The maximum atomic E-state index is 5.82. The zero-order valence-corrected chi connectivity index (χ0v) is 13.2. The van der Waals surface area contributed by atoms with E-state index >= 15 is 0 Å². The second-order valence-corrected chi connectivity index (χ2v) is 5.20. The molecule has 0 amide bonds. The van der Waals surface area contributed by atoms with Crippen LogP contribution in [0.2, 0.25) is 0 Å². The van der Waals surface area contributed by atoms with Crippen molar-refractivity contribution in [1.29, 1.82) is 0 Å². The molecule has 2 aromatic carbocycles. The molecule has 0 bridgehead atoms. The van der Waals surface area contributed by atoms with Gasteiger partial charge >= 0.3 is 0 Å². The van der Waals surface area contributed by atoms with Gasteiger partial charge in [0, 0.05) is 0 Å². The first-order valence-corrected chi connectivity index (χ1v) is 7.42. The van der Waals surface area contributed by atoms with Crippen LogP contribution in [-0.2, 0) is 6.61 Å². The Kier molecular flexibility index (Phi) is 4.47. The summed E-state index contributed by atoms with van der Waals surface area (Å²) < 4.78 is 7.53. The Morgan fingerprint density at radius 2 is 1.74 bits per heavy atom. The highest BCUT2D eigenvalue weighted by atomic mass is 16.5. The maximum Gasteiger partial charge on any atom is 0.151 e. The van der Waals surface area contributed by atoms with E-state index < -0.39 is 0 Å². The van der Waals surface area contributed by atoms with Crippen molar-refractivity contribution >= 4 is 6.21 Å². The molecule has 0 spiro atoms. The molecule has 0 N–H and O–H groups in total. The topological polar surface area (TPSA) is 52.3 Å². The third-order valence-electron chi connectivity index (χ3n) is 3.38. The fraction of sp³-hybridized carbons (Fsp3) is 0.167. The number of aromatic nitrogens is 3. The Hall–Kier alpha value is -2.95. The van der Waals surface area contributed by atoms with Crippen LogP contribution in [0.4, 0.5) is 0 Å². The summed E-state index contributed by atoms with van der Waals surface area (Å²) >= 11 is 0. The standard InChI is InChI=1S/C18H18N4O/c1-14-20-21-15(2)22(14)19-12-17-9-6-10-18(11-17)23-13-16-7-4-3-5-8-16/h3-12H,13H2,1-2H3/b19-12-. The summed E-state index contributed by atoms with van der Waals surface area (Å²) in [5.74, 6) is 2.33. The van der Waals surface area contributed by atoms with Crippen LogP contribution in [0.5, 0.6) is 5.75 Å². The highest BCUT2D eigenvalue weighted by molar-refractivity contribution is 5.80. The van der Waals surface area contributed by atoms with Crippen molar-refractivity contribution in [1.82, 2.24) is 14.9 Å². The molecular weight excluding hydrogens is 288 g/mol. The quantitative estimate of drug-likeness (QED) is 0.679. The number of hydrogen-bond donors (Lipinski definition) is 0. The molecule has 0 saturated carbocycles. The largest absolute Gasteiger partial charge is 0.489 e. The summed E-state index contributed by atoms with van der Waals surface area (Å²) in [6.45, 7) is 4.29. The molecule has 0 saturated heterocycles. The molecule has 5 heteroatoms. The lowest BCUT2D eigenvalue weighted by molar-refractivity contribution is 0.306. The van der Waals surface area contributed by atoms with Gasteiger partial charge in [-0.1, -0.05) is 42.5 Å². The summed E-state index contributed by atoms with van der Waals surface area (Å²) in [5.41, 5.74) is 2.10. The lowest BCUT2D eigenvalue weighted by Crippen LogP contribution is -1.97. The minimum absolute atomic E-state index is 0.547. The van der Waals surface area contributed by atoms with Crippen LogP contribution in [0.3, 0.4) is 0 Å². The van der Waals surface area contributed by atoms with E-state index in [2.05, 4.69) is 15.3 Å². The summed E-state index contributed by atoms with van der Waals surface area (Å²) in [6, 6.07) is 17.9. The average molecular weight is 306 g/mol. The molecule has 0 aliphatic heterocycles. The van der Waals surface area contributed by atoms with Crippen molar-refractivity contribution in [2.24, 2.45) is 5.10 Å². The van der Waals surface area contributed by atoms with Crippen LogP contribution in [0, 0.1) is 13.8 Å². The normalized spacial score (nSPS) is 11.0. The van der Waals surface area contributed by atoms with Gasteiger partial charge in [-0.25, -0.2) is 4.68 Å². The van der Waals surface area contributed by atoms with E-state index in [0.717, 1.165) is 28.5 Å². The van der Waals surface area contributed by atoms with E-state index in [1.807, 2.05) is 68.4 Å². The van der Waals surface area contributed by atoms with Crippen LogP contribution in [0.1, 0.15) is 22.8 Å². The molecule has 0 unspecified atom stereocenters. The Morgan fingerprint density at radius 1 is 1.00 bits per heavy atom. The molecule has 3 rings (SSSR count). The van der Waals surface area contributed by atoms with Gasteiger partial charge in [-0.3, -0.25) is 0 Å². The van der Waals surface area contributed by atoms with Gasteiger partial charge < -0.3 is 4.74 Å². The van der Waals surface area contributed by atoms with Crippen LogP contribution >= 0.6 is 0 Å². The molecular formula is C18H18N4O. The molecule has 5 nitrogen and oxygen atoms in total. The first kappa shape index (κ1) is 15.0. The number of aryl methyl sites for hydroxylation is 2. The minimum atomic E-state index is 0.547. The van der Waals surface area contributed by atoms with E-state index in [1.54, 1.807) is 10.9 Å². The monoisotopic (exact) mass is 306 g/mol. The lowest BCUT2D eigenvalue weighted by atomic mass is 10.2. The van der Waals surface area contributed by atoms with E-state index in [-0.39, 0.29) is 0 Å². The summed E-state index contributed by atoms with van der Waals surface area (Å²) in [6.07, 6.45) is 1.78. The summed E-state index contributed by atoms with van der Waals surface area (Å²) in [7, 11) is 0. The molecule has 1 aromatic heterocycles. The van der Waals surface area contributed by atoms with Gasteiger partial charge in [0.15, 0.2) is 11.6 Å². The predicted molar refractivity (Wildman–Crippen MR) is 89.7 cm³/mol. The third kappa shape index (κ3) is 3.83. The highest BCUT2D eigenvalue weighted by Gasteiger charge is 2.01. The van der Waals surface area contributed by atoms with Crippen molar-refractivity contribution < 1.29 is 4.74 Å². The second kappa shape index (κ2) is 6.87. The van der Waals surface area contributed by atoms with Gasteiger partial charge in [0.05, 0.1) is 6.21 Å². The third-order valence-corrected chi connectivity index (χ3v) is 3.38. The fourth-order valence-corrected chi connectivity index (χ4v) is 2.18. The van der Waals surface area contributed by atoms with Crippen LogP contribution in [-0.4, -0.2) is 21.1 Å². The smallest absolute Gasteiger partial charge is 0.151 e. The Balaban J connectivity index is 1.70. The molecule has 0 aliphatic carbocycles. The SMILES string of the molecule is Cc1nnc(C)n1/N=C\c1cccc(OCc2ccccc2)c1. The van der Waals surface area contributed by atoms with Crippen molar-refractivity contribution in [3.05, 3.63) is 77.4 Å². The zero-order chi connectivity index (χ0) is 16.1. The number of nitrogens with zero attached hydrogens (tertiary/aromatic N) is 4. The second-order valence-electron chi connectivity index (χ2n) is 5.20. The molecule has 23 heavy (non-hydrogen) atoms. The first-order chi connectivity index (χ1) is 11.2. The summed E-state index contributed by atoms with van der Waals surface area (Å²) in [4.78, 5) is 0. The van der Waals surface area contributed by atoms with Gasteiger partial charge in [0.1, 0.15) is 12.4 Å². The van der Waals surface area contributed by atoms with Crippen molar-refractivity contribution in [3.63, 3.8) is 0 Å². The van der Waals surface area contributed by atoms with Gasteiger partial charge in [0.25, 0.3) is 0 Å². The average Bonchev–Trinajstić information content (AvgIpc) is 2.91. The summed E-state index contributed by atoms with van der Waals surface area (Å²) in [5, 5.41) is 12.4. The van der Waals surface area contributed by atoms with Crippen LogP contribution in [0.25, 0.3) is 0 Å². The van der Waals surface area contributed by atoms with Gasteiger partial charge in [0.2, 0.25) is 0 Å². The van der Waals surface area contributed by atoms with Crippen molar-refractivity contribution in [3.8, 4) is 5.75 Å². The van der Waals surface area contributed by atoms with Crippen molar-refractivity contribution in [2.45, 2.75) is 20.5 Å². The number of rotatable bonds is 5. The fourth-order valence-electron chi connectivity index (χ4n) is 2.18. The number of benzene rings is 2. The number of hydrogen-bond acceptors (Lipinski definition) is 4. The molecule has 0 aliphatic rings. The number of ether oxygens (including phenoxy) is 1. The molecule has 1 heterocycles. The zero-order valence-electron chi connectivity index (χ0n) is 13.2. The first-order valence-electron chi connectivity index (χ1n) is 7.42. The highest BCUT2D eigenvalue weighted by Crippen LogP contribution is 2.14. The Labute approximate surface area is 135 Å². The molecule has 0 atom stereocenters. The maximum absolute atomic E-state index is 5.82. The molecule has 0 fully saturated rings. The van der Waals surface area contributed by atoms with Crippen LogP contribution < -0.4 is 4.74 Å². The molecule has 3 aromatic rings. The van der Waals surface area contributed by atoms with Gasteiger partial charge in [-0.2, -0.15) is 5.10 Å². The Bertz CT molecular complexity index is 789. The van der Waals surface area contributed by atoms with E-state index in [1.165, 1.54) is 0 Å². The predicted octanol–water partition coefficient (Wildman–Crippen LogP) is 3.36. The molecule has 0 radical (unpaired) electrons. The van der Waals surface area contributed by atoms with Crippen molar-refractivity contribution in [2.75, 3.05) is 0 Å². The minimum Gasteiger partial charge on any atom is -0.489 e.